The molecule has 146 valence electrons. The molecule has 0 heterocycles. The van der Waals surface area contributed by atoms with E-state index in [0.717, 1.165) is 12.6 Å². The number of hydrogen-bond donors (Lipinski definition) is 0. The Morgan fingerprint density at radius 3 is 1.24 bits per heavy atom. The fourth-order valence-corrected chi connectivity index (χ4v) is 9.14. The molecule has 0 bridgehead atoms. The zero-order valence-electron chi connectivity index (χ0n) is 17.1. The molecule has 0 radical (unpaired) electrons. The van der Waals surface area contributed by atoms with Crippen LogP contribution >= 0.6 is 7.26 Å². The second-order valence-electron chi connectivity index (χ2n) is 7.75. The van der Waals surface area contributed by atoms with Crippen molar-refractivity contribution in [3.8, 4) is 0 Å². The molecule has 0 N–H and O–H groups in total. The molecule has 0 aromatic heterocycles. The second-order valence-corrected chi connectivity index (χ2v) is 11.6. The molecule has 0 atom stereocenters. The first-order chi connectivity index (χ1) is 14.3. The van der Waals surface area contributed by atoms with E-state index >= 15 is 0 Å². The van der Waals surface area contributed by atoms with E-state index in [1.807, 2.05) is 0 Å². The van der Waals surface area contributed by atoms with Gasteiger partial charge in [0.1, 0.15) is 0 Å². The number of rotatable bonds is 7. The van der Waals surface area contributed by atoms with Crippen molar-refractivity contribution in [2.75, 3.05) is 0 Å². The molecular formula is C28H29P. The summed E-state index contributed by atoms with van der Waals surface area (Å²) in [5.41, 5.74) is 2.86. The third-order valence-corrected chi connectivity index (χ3v) is 10.7. The maximum absolute atomic E-state index is 2.35. The molecular weight excluding hydrogens is 367 g/mol. The summed E-state index contributed by atoms with van der Waals surface area (Å²) >= 11 is 0. The number of hydrogen-bond acceptors (Lipinski definition) is 0. The van der Waals surface area contributed by atoms with Gasteiger partial charge in [0.25, 0.3) is 0 Å². The van der Waals surface area contributed by atoms with E-state index in [4.69, 9.17) is 0 Å². The monoisotopic (exact) mass is 396 g/mol. The Morgan fingerprint density at radius 2 is 0.862 bits per heavy atom. The molecule has 0 amide bonds. The molecule has 4 rings (SSSR count). The number of aryl methyl sites for hydroxylation is 1. The molecule has 0 unspecified atom stereocenters. The van der Waals surface area contributed by atoms with Gasteiger partial charge < -0.3 is 0 Å². The quantitative estimate of drug-likeness (QED) is 0.343. The summed E-state index contributed by atoms with van der Waals surface area (Å²) in [5.74, 6) is 0. The predicted molar refractivity (Wildman–Crippen MR) is 131 cm³/mol. The van der Waals surface area contributed by atoms with E-state index in [1.54, 1.807) is 0 Å². The van der Waals surface area contributed by atoms with E-state index in [0.29, 0.717) is 0 Å². The van der Waals surface area contributed by atoms with Crippen LogP contribution in [0.3, 0.4) is 0 Å². The third kappa shape index (κ3) is 4.19. The molecule has 0 saturated heterocycles. The van der Waals surface area contributed by atoms with Crippen LogP contribution < -0.4 is 15.9 Å². The molecule has 4 aromatic carbocycles. The Kier molecular flexibility index (Phi) is 6.23. The first-order valence-corrected chi connectivity index (χ1v) is 12.8. The van der Waals surface area contributed by atoms with Gasteiger partial charge >= 0.3 is 175 Å². The molecule has 0 nitrogen and oxygen atoms in total. The van der Waals surface area contributed by atoms with Crippen molar-refractivity contribution in [2.24, 2.45) is 0 Å². The average Bonchev–Trinajstić information content (AvgIpc) is 2.80. The SMILES string of the molecule is CCCc1ccc(C[PH](c2ccccc2)(c2ccccc2)c2ccccc2)cc1. The van der Waals surface area contributed by atoms with E-state index in [-0.39, 0.29) is 0 Å². The van der Waals surface area contributed by atoms with E-state index in [9.17, 15) is 0 Å². The van der Waals surface area contributed by atoms with Crippen molar-refractivity contribution in [3.05, 3.63) is 126 Å². The third-order valence-electron chi connectivity index (χ3n) is 5.83. The van der Waals surface area contributed by atoms with Gasteiger partial charge in [-0.3, -0.25) is 0 Å². The maximum atomic E-state index is 2.35. The van der Waals surface area contributed by atoms with Gasteiger partial charge in [0, 0.05) is 0 Å². The van der Waals surface area contributed by atoms with Crippen LogP contribution in [-0.2, 0) is 12.6 Å². The van der Waals surface area contributed by atoms with Gasteiger partial charge in [-0.1, -0.05) is 0 Å². The van der Waals surface area contributed by atoms with Crippen LogP contribution in [-0.4, -0.2) is 0 Å². The van der Waals surface area contributed by atoms with Crippen LogP contribution in [0.2, 0.25) is 0 Å². The molecule has 0 saturated carbocycles. The molecule has 0 aliphatic rings. The van der Waals surface area contributed by atoms with Crippen LogP contribution in [0.1, 0.15) is 24.5 Å². The van der Waals surface area contributed by atoms with Gasteiger partial charge in [-0.25, -0.2) is 0 Å². The minimum absolute atomic E-state index is 1.07. The summed E-state index contributed by atoms with van der Waals surface area (Å²) in [6, 6.07) is 42.8. The van der Waals surface area contributed by atoms with Crippen molar-refractivity contribution in [1.82, 2.24) is 0 Å². The summed E-state index contributed by atoms with van der Waals surface area (Å²) in [5, 5.41) is 4.40. The minimum atomic E-state index is -2.20. The number of benzene rings is 4. The second kappa shape index (κ2) is 9.21. The fourth-order valence-electron chi connectivity index (χ4n) is 4.39. The van der Waals surface area contributed by atoms with E-state index in [1.165, 1.54) is 33.5 Å². The van der Waals surface area contributed by atoms with Crippen LogP contribution in [0.25, 0.3) is 0 Å². The van der Waals surface area contributed by atoms with Crippen molar-refractivity contribution in [2.45, 2.75) is 25.9 Å². The van der Waals surface area contributed by atoms with Crippen LogP contribution in [0.4, 0.5) is 0 Å². The van der Waals surface area contributed by atoms with Crippen LogP contribution in [0.15, 0.2) is 115 Å². The van der Waals surface area contributed by atoms with Gasteiger partial charge in [0.2, 0.25) is 0 Å². The summed E-state index contributed by atoms with van der Waals surface area (Å²) in [6.07, 6.45) is 3.41. The molecule has 4 aromatic rings. The van der Waals surface area contributed by atoms with Crippen LogP contribution in [0, 0.1) is 0 Å². The van der Waals surface area contributed by atoms with Gasteiger partial charge in [-0.2, -0.15) is 0 Å². The fraction of sp³-hybridized carbons (Fsp3) is 0.143. The van der Waals surface area contributed by atoms with E-state index < -0.39 is 7.26 Å². The Morgan fingerprint density at radius 1 is 0.483 bits per heavy atom. The first-order valence-electron chi connectivity index (χ1n) is 10.6. The predicted octanol–water partition coefficient (Wildman–Crippen LogP) is 5.87. The first kappa shape index (κ1) is 19.6. The summed E-state index contributed by atoms with van der Waals surface area (Å²) in [7, 11) is -2.20. The van der Waals surface area contributed by atoms with Gasteiger partial charge in [-0.15, -0.1) is 0 Å². The summed E-state index contributed by atoms with van der Waals surface area (Å²) < 4.78 is 0. The topological polar surface area (TPSA) is 0 Å². The summed E-state index contributed by atoms with van der Waals surface area (Å²) in [6.45, 7) is 2.24. The average molecular weight is 397 g/mol. The van der Waals surface area contributed by atoms with Crippen molar-refractivity contribution < 1.29 is 0 Å². The Bertz CT molecular complexity index is 909. The molecule has 0 aliphatic carbocycles. The molecule has 29 heavy (non-hydrogen) atoms. The van der Waals surface area contributed by atoms with Crippen LogP contribution in [0.5, 0.6) is 0 Å². The van der Waals surface area contributed by atoms with Gasteiger partial charge in [0.05, 0.1) is 0 Å². The molecule has 0 spiro atoms. The zero-order valence-corrected chi connectivity index (χ0v) is 18.1. The molecule has 1 heteroatoms. The molecule has 0 fully saturated rings. The molecule has 0 aliphatic heterocycles. The van der Waals surface area contributed by atoms with Crippen molar-refractivity contribution in [1.29, 1.82) is 0 Å². The van der Waals surface area contributed by atoms with Gasteiger partial charge in [-0.05, 0) is 0 Å². The van der Waals surface area contributed by atoms with Gasteiger partial charge in [0.15, 0.2) is 0 Å². The Labute approximate surface area is 175 Å². The summed E-state index contributed by atoms with van der Waals surface area (Å²) in [4.78, 5) is 0. The zero-order chi connectivity index (χ0) is 19.9. The normalized spacial score (nSPS) is 11.9. The standard InChI is InChI=1S/C28H29P/c1-2-12-24-19-21-25(22-20-24)23-29(26-13-6-3-7-14-26,27-15-8-4-9-16-27)28-17-10-5-11-18-28/h3-11,13-22,29H,2,12,23H2,1H3. The Balaban J connectivity index is 1.90. The Hall–Kier alpha value is -2.69. The van der Waals surface area contributed by atoms with Crippen molar-refractivity contribution in [3.63, 3.8) is 0 Å². The van der Waals surface area contributed by atoms with E-state index in [2.05, 4.69) is 122 Å². The van der Waals surface area contributed by atoms with Crippen molar-refractivity contribution >= 4 is 23.2 Å².